The average Bonchev–Trinajstić information content (AvgIpc) is 2.73. The van der Waals surface area contributed by atoms with Gasteiger partial charge in [0, 0.05) is 13.1 Å². The third-order valence-electron chi connectivity index (χ3n) is 3.99. The number of amides is 3. The van der Waals surface area contributed by atoms with E-state index in [0.717, 1.165) is 11.6 Å². The molecule has 0 bridgehead atoms. The van der Waals surface area contributed by atoms with Gasteiger partial charge in [-0.15, -0.1) is 0 Å². The first-order valence-corrected chi connectivity index (χ1v) is 11.1. The van der Waals surface area contributed by atoms with Crippen molar-refractivity contribution in [1.29, 1.82) is 0 Å². The van der Waals surface area contributed by atoms with Gasteiger partial charge in [-0.05, 0) is 37.6 Å². The largest absolute Gasteiger partial charge is 0.449 e. The first kappa shape index (κ1) is 24.3. The summed E-state index contributed by atoms with van der Waals surface area (Å²) < 4.78 is 32.8. The molecule has 0 aliphatic carbocycles. The molecule has 0 saturated heterocycles. The van der Waals surface area contributed by atoms with Crippen LogP contribution in [0.15, 0.2) is 53.4 Å². The van der Waals surface area contributed by atoms with Gasteiger partial charge in [0.15, 0.2) is 6.10 Å². The van der Waals surface area contributed by atoms with E-state index >= 15 is 0 Å². The quantitative estimate of drug-likeness (QED) is 0.510. The highest BCUT2D eigenvalue weighted by atomic mass is 35.5. The number of esters is 1. The number of halogens is 1. The summed E-state index contributed by atoms with van der Waals surface area (Å²) in [6.45, 7) is 3.30. The Morgan fingerprint density at radius 1 is 1.10 bits per heavy atom. The fourth-order valence-corrected chi connectivity index (χ4v) is 3.93. The molecule has 0 unspecified atom stereocenters. The third-order valence-corrected chi connectivity index (χ3v) is 5.88. The van der Waals surface area contributed by atoms with E-state index in [-0.39, 0.29) is 22.0 Å². The Labute approximate surface area is 185 Å². The van der Waals surface area contributed by atoms with Crippen LogP contribution in [-0.4, -0.2) is 39.0 Å². The highest BCUT2D eigenvalue weighted by Gasteiger charge is 2.24. The van der Waals surface area contributed by atoms with Gasteiger partial charge in [-0.3, -0.25) is 10.1 Å². The molecule has 2 aromatic rings. The summed E-state index contributed by atoms with van der Waals surface area (Å²) in [6, 6.07) is 11.7. The lowest BCUT2D eigenvalue weighted by Crippen LogP contribution is -2.44. The molecule has 31 heavy (non-hydrogen) atoms. The van der Waals surface area contributed by atoms with Crippen molar-refractivity contribution in [3.8, 4) is 0 Å². The van der Waals surface area contributed by atoms with Crippen LogP contribution >= 0.6 is 11.6 Å². The summed E-state index contributed by atoms with van der Waals surface area (Å²) in [7, 11) is -4.03. The molecule has 3 N–H and O–H groups in total. The van der Waals surface area contributed by atoms with Gasteiger partial charge in [0.25, 0.3) is 5.91 Å². The second-order valence-corrected chi connectivity index (χ2v) is 8.49. The minimum Gasteiger partial charge on any atom is -0.449 e. The van der Waals surface area contributed by atoms with Crippen LogP contribution in [0.4, 0.5) is 4.79 Å². The maximum atomic E-state index is 12.7. The number of ether oxygens (including phenoxy) is 1. The zero-order chi connectivity index (χ0) is 23.0. The van der Waals surface area contributed by atoms with Gasteiger partial charge in [0.1, 0.15) is 4.90 Å². The molecule has 0 fully saturated rings. The van der Waals surface area contributed by atoms with E-state index in [9.17, 15) is 22.8 Å². The minimum absolute atomic E-state index is 0.0329. The minimum atomic E-state index is -4.03. The summed E-state index contributed by atoms with van der Waals surface area (Å²) in [5.41, 5.74) is 0.617. The van der Waals surface area contributed by atoms with Gasteiger partial charge in [-0.25, -0.2) is 22.7 Å². The molecule has 11 heteroatoms. The van der Waals surface area contributed by atoms with Crippen LogP contribution in [-0.2, 0) is 26.1 Å². The van der Waals surface area contributed by atoms with Crippen LogP contribution in [0.2, 0.25) is 5.02 Å². The second kappa shape index (κ2) is 10.9. The van der Waals surface area contributed by atoms with Crippen molar-refractivity contribution in [3.63, 3.8) is 0 Å². The predicted molar refractivity (Wildman–Crippen MR) is 114 cm³/mol. The second-order valence-electron chi connectivity index (χ2n) is 6.35. The Hall–Kier alpha value is -2.95. The Balaban J connectivity index is 2.11. The number of imide groups is 1. The number of sulfonamides is 1. The molecule has 0 aromatic heterocycles. The Kier molecular flexibility index (Phi) is 8.55. The smallest absolute Gasteiger partial charge is 0.338 e. The highest BCUT2D eigenvalue weighted by Crippen LogP contribution is 2.23. The van der Waals surface area contributed by atoms with Crippen molar-refractivity contribution >= 4 is 39.5 Å². The number of rotatable bonds is 8. The lowest BCUT2D eigenvalue weighted by atomic mass is 10.2. The molecule has 2 aromatic carbocycles. The molecule has 166 valence electrons. The van der Waals surface area contributed by atoms with E-state index in [1.807, 2.05) is 5.32 Å². The topological polar surface area (TPSA) is 131 Å². The molecule has 0 spiro atoms. The van der Waals surface area contributed by atoms with E-state index in [2.05, 4.69) is 10.0 Å². The molecule has 0 aliphatic rings. The molecule has 3 amide bonds. The average molecular weight is 468 g/mol. The van der Waals surface area contributed by atoms with E-state index < -0.39 is 34.0 Å². The Bertz CT molecular complexity index is 1060. The summed E-state index contributed by atoms with van der Waals surface area (Å²) in [5.74, 6) is -1.78. The van der Waals surface area contributed by atoms with Crippen LogP contribution in [0.25, 0.3) is 0 Å². The zero-order valence-electron chi connectivity index (χ0n) is 16.8. The molecule has 0 radical (unpaired) electrons. The number of carbonyl (C=O) groups excluding carboxylic acids is 3. The van der Waals surface area contributed by atoms with Gasteiger partial charge in [0.05, 0.1) is 10.6 Å². The summed E-state index contributed by atoms with van der Waals surface area (Å²) >= 11 is 6.03. The lowest BCUT2D eigenvalue weighted by molar-refractivity contribution is -0.127. The van der Waals surface area contributed by atoms with E-state index in [1.54, 1.807) is 37.3 Å². The first-order valence-electron chi connectivity index (χ1n) is 9.27. The van der Waals surface area contributed by atoms with Gasteiger partial charge in [-0.1, -0.05) is 41.9 Å². The van der Waals surface area contributed by atoms with Crippen LogP contribution in [0.5, 0.6) is 0 Å². The normalized spacial score (nSPS) is 12.0. The molecular formula is C20H22ClN3O6S. The van der Waals surface area contributed by atoms with Crippen molar-refractivity contribution in [3.05, 3.63) is 64.7 Å². The molecule has 1 atom stereocenters. The van der Waals surface area contributed by atoms with Gasteiger partial charge >= 0.3 is 12.0 Å². The maximum absolute atomic E-state index is 12.7. The highest BCUT2D eigenvalue weighted by molar-refractivity contribution is 7.89. The number of hydrogen-bond donors (Lipinski definition) is 3. The first-order chi connectivity index (χ1) is 14.6. The van der Waals surface area contributed by atoms with Crippen LogP contribution in [0.3, 0.4) is 0 Å². The number of nitrogens with one attached hydrogen (secondary N) is 3. The monoisotopic (exact) mass is 467 g/mol. The van der Waals surface area contributed by atoms with Crippen LogP contribution in [0.1, 0.15) is 29.8 Å². The fourth-order valence-electron chi connectivity index (χ4n) is 2.39. The lowest BCUT2D eigenvalue weighted by Gasteiger charge is -2.14. The molecular weight excluding hydrogens is 446 g/mol. The number of carbonyl (C=O) groups is 3. The summed E-state index contributed by atoms with van der Waals surface area (Å²) in [5, 5.41) is 4.31. The molecule has 0 saturated carbocycles. The van der Waals surface area contributed by atoms with Crippen LogP contribution in [0, 0.1) is 0 Å². The van der Waals surface area contributed by atoms with Crippen molar-refractivity contribution in [2.45, 2.75) is 31.4 Å². The number of urea groups is 1. The van der Waals surface area contributed by atoms with Crippen LogP contribution < -0.4 is 15.4 Å². The maximum Gasteiger partial charge on any atom is 0.338 e. The standard InChI is InChI=1S/C20H22ClN3O6S/c1-3-22-20(27)24-18(25)13(2)30-19(26)15-9-10-16(21)17(11-15)31(28,29)23-12-14-7-5-4-6-8-14/h4-11,13,23H,3,12H2,1-2H3,(H2,22,24,25,27)/t13-/m1/s1. The summed E-state index contributed by atoms with van der Waals surface area (Å²) in [6.07, 6.45) is -1.29. The number of hydrogen-bond acceptors (Lipinski definition) is 6. The fraction of sp³-hybridized carbons (Fsp3) is 0.250. The van der Waals surface area contributed by atoms with Gasteiger partial charge < -0.3 is 10.1 Å². The molecule has 9 nitrogen and oxygen atoms in total. The van der Waals surface area contributed by atoms with Gasteiger partial charge in [-0.2, -0.15) is 0 Å². The van der Waals surface area contributed by atoms with E-state index in [0.29, 0.717) is 6.54 Å². The predicted octanol–water partition coefficient (Wildman–Crippen LogP) is 2.21. The summed E-state index contributed by atoms with van der Waals surface area (Å²) in [4.78, 5) is 35.4. The van der Waals surface area contributed by atoms with Crippen molar-refractivity contribution in [1.82, 2.24) is 15.4 Å². The molecule has 0 heterocycles. The zero-order valence-corrected chi connectivity index (χ0v) is 18.4. The van der Waals surface area contributed by atoms with Crippen molar-refractivity contribution in [2.75, 3.05) is 6.54 Å². The van der Waals surface area contributed by atoms with E-state index in [4.69, 9.17) is 16.3 Å². The Morgan fingerprint density at radius 2 is 1.77 bits per heavy atom. The van der Waals surface area contributed by atoms with Crippen molar-refractivity contribution in [2.24, 2.45) is 0 Å². The van der Waals surface area contributed by atoms with E-state index in [1.165, 1.54) is 19.1 Å². The number of benzene rings is 2. The van der Waals surface area contributed by atoms with Gasteiger partial charge in [0.2, 0.25) is 10.0 Å². The molecule has 2 rings (SSSR count). The molecule has 0 aliphatic heterocycles. The SMILES string of the molecule is CCNC(=O)NC(=O)[C@@H](C)OC(=O)c1ccc(Cl)c(S(=O)(=O)NCc2ccccc2)c1. The third kappa shape index (κ3) is 7.06. The Morgan fingerprint density at radius 3 is 2.42 bits per heavy atom. The van der Waals surface area contributed by atoms with Crippen molar-refractivity contribution < 1.29 is 27.5 Å².